The van der Waals surface area contributed by atoms with Crippen molar-refractivity contribution >= 4 is 34.5 Å². The zero-order chi connectivity index (χ0) is 15.7. The lowest BCUT2D eigenvalue weighted by atomic mass is 9.84. The summed E-state index contributed by atoms with van der Waals surface area (Å²) in [5.74, 6) is -1.05. The highest BCUT2D eigenvalue weighted by atomic mass is 35.5. The molecule has 22 heavy (non-hydrogen) atoms. The molecule has 0 atom stereocenters. The molecule has 114 valence electrons. The first kappa shape index (κ1) is 14.6. The number of aliphatic carboxylic acids is 1. The Morgan fingerprint density at radius 1 is 1.36 bits per heavy atom. The maximum atomic E-state index is 12.3. The molecule has 6 nitrogen and oxygen atoms in total. The van der Waals surface area contributed by atoms with Crippen LogP contribution in [0.25, 0.3) is 11.0 Å². The molecular formula is C15H14ClN3O3. The molecule has 3 rings (SSSR count). The Labute approximate surface area is 131 Å². The SMILES string of the molecule is O=C(O)C1(C(=O)NCc2nc3ccc(Cl)cc3[nH]2)CC=CC1. The summed E-state index contributed by atoms with van der Waals surface area (Å²) in [5, 5.41) is 12.6. The van der Waals surface area contributed by atoms with E-state index in [1.807, 2.05) is 0 Å². The number of benzene rings is 1. The summed E-state index contributed by atoms with van der Waals surface area (Å²) in [6.45, 7) is 0.139. The molecular weight excluding hydrogens is 306 g/mol. The number of carbonyl (C=O) groups excluding carboxylic acids is 1. The Morgan fingerprint density at radius 3 is 2.77 bits per heavy atom. The van der Waals surface area contributed by atoms with Gasteiger partial charge in [-0.25, -0.2) is 4.98 Å². The molecule has 7 heteroatoms. The zero-order valence-electron chi connectivity index (χ0n) is 11.6. The van der Waals surface area contributed by atoms with E-state index in [1.165, 1.54) is 0 Å². The molecule has 1 aromatic carbocycles. The number of carboxylic acids is 1. The standard InChI is InChI=1S/C15H14ClN3O3/c16-9-3-4-10-11(7-9)19-12(18-10)8-17-13(20)15(14(21)22)5-1-2-6-15/h1-4,7H,5-6,8H2,(H,17,20)(H,18,19)(H,21,22). The van der Waals surface area contributed by atoms with Crippen LogP contribution in [0.5, 0.6) is 0 Å². The number of amides is 1. The highest BCUT2D eigenvalue weighted by Crippen LogP contribution is 2.33. The van der Waals surface area contributed by atoms with Crippen LogP contribution in [-0.2, 0) is 16.1 Å². The highest BCUT2D eigenvalue weighted by molar-refractivity contribution is 6.31. The van der Waals surface area contributed by atoms with Crippen molar-refractivity contribution in [3.8, 4) is 0 Å². The van der Waals surface area contributed by atoms with Gasteiger partial charge in [-0.15, -0.1) is 0 Å². The second kappa shape index (κ2) is 5.46. The minimum atomic E-state index is -1.39. The predicted octanol–water partition coefficient (Wildman–Crippen LogP) is 2.25. The van der Waals surface area contributed by atoms with Gasteiger partial charge in [-0.2, -0.15) is 0 Å². The monoisotopic (exact) mass is 319 g/mol. The van der Waals surface area contributed by atoms with Crippen LogP contribution in [0.3, 0.4) is 0 Å². The van der Waals surface area contributed by atoms with Gasteiger partial charge in [0, 0.05) is 5.02 Å². The van der Waals surface area contributed by atoms with Crippen molar-refractivity contribution in [2.24, 2.45) is 5.41 Å². The van der Waals surface area contributed by atoms with Crippen molar-refractivity contribution in [3.05, 3.63) is 41.2 Å². The van der Waals surface area contributed by atoms with Crippen LogP contribution in [-0.4, -0.2) is 27.0 Å². The topological polar surface area (TPSA) is 95.1 Å². The van der Waals surface area contributed by atoms with E-state index >= 15 is 0 Å². The van der Waals surface area contributed by atoms with E-state index in [0.717, 1.165) is 11.0 Å². The number of aromatic amines is 1. The Kier molecular flexibility index (Phi) is 3.62. The molecule has 2 aromatic rings. The number of H-pyrrole nitrogens is 1. The van der Waals surface area contributed by atoms with Gasteiger partial charge in [-0.1, -0.05) is 23.8 Å². The summed E-state index contributed by atoms with van der Waals surface area (Å²) in [4.78, 5) is 31.1. The summed E-state index contributed by atoms with van der Waals surface area (Å²) in [6, 6.07) is 5.25. The van der Waals surface area contributed by atoms with Crippen LogP contribution < -0.4 is 5.32 Å². The number of hydrogen-bond donors (Lipinski definition) is 3. The molecule has 0 fully saturated rings. The largest absolute Gasteiger partial charge is 0.480 e. The van der Waals surface area contributed by atoms with Gasteiger partial charge < -0.3 is 15.4 Å². The smallest absolute Gasteiger partial charge is 0.319 e. The fourth-order valence-corrected chi connectivity index (χ4v) is 2.73. The number of allylic oxidation sites excluding steroid dienone is 2. The summed E-state index contributed by atoms with van der Waals surface area (Å²) in [7, 11) is 0. The average Bonchev–Trinajstić information content (AvgIpc) is 3.11. The molecule has 1 aliphatic rings. The van der Waals surface area contributed by atoms with E-state index in [-0.39, 0.29) is 19.4 Å². The molecule has 0 saturated heterocycles. The summed E-state index contributed by atoms with van der Waals surface area (Å²) < 4.78 is 0. The van der Waals surface area contributed by atoms with Gasteiger partial charge in [-0.3, -0.25) is 9.59 Å². The number of nitrogens with zero attached hydrogens (tertiary/aromatic N) is 1. The van der Waals surface area contributed by atoms with Crippen LogP contribution in [0.1, 0.15) is 18.7 Å². The average molecular weight is 320 g/mol. The normalized spacial score (nSPS) is 16.0. The number of halogens is 1. The first-order valence-corrected chi connectivity index (χ1v) is 7.20. The molecule has 1 aliphatic carbocycles. The van der Waals surface area contributed by atoms with Gasteiger partial charge in [-0.05, 0) is 31.0 Å². The first-order valence-electron chi connectivity index (χ1n) is 6.82. The molecule has 0 saturated carbocycles. The zero-order valence-corrected chi connectivity index (χ0v) is 12.4. The molecule has 1 aromatic heterocycles. The molecule has 0 radical (unpaired) electrons. The maximum absolute atomic E-state index is 12.3. The van der Waals surface area contributed by atoms with Crippen molar-refractivity contribution in [1.82, 2.24) is 15.3 Å². The van der Waals surface area contributed by atoms with Crippen LogP contribution in [0.2, 0.25) is 5.02 Å². The number of hydrogen-bond acceptors (Lipinski definition) is 3. The van der Waals surface area contributed by atoms with Crippen LogP contribution in [0, 0.1) is 5.41 Å². The van der Waals surface area contributed by atoms with Crippen molar-refractivity contribution in [2.75, 3.05) is 0 Å². The highest BCUT2D eigenvalue weighted by Gasteiger charge is 2.46. The Balaban J connectivity index is 1.73. The number of nitrogens with one attached hydrogen (secondary N) is 2. The number of aromatic nitrogens is 2. The summed E-state index contributed by atoms with van der Waals surface area (Å²) in [5.41, 5.74) is 0.117. The van der Waals surface area contributed by atoms with E-state index in [4.69, 9.17) is 11.6 Å². The second-order valence-corrected chi connectivity index (χ2v) is 5.73. The molecule has 0 bridgehead atoms. The fourth-order valence-electron chi connectivity index (χ4n) is 2.56. The Bertz CT molecular complexity index is 773. The van der Waals surface area contributed by atoms with Crippen molar-refractivity contribution in [3.63, 3.8) is 0 Å². The van der Waals surface area contributed by atoms with Gasteiger partial charge in [0.2, 0.25) is 5.91 Å². The van der Waals surface area contributed by atoms with E-state index in [2.05, 4.69) is 15.3 Å². The van der Waals surface area contributed by atoms with Crippen LogP contribution in [0.4, 0.5) is 0 Å². The minimum Gasteiger partial charge on any atom is -0.480 e. The van der Waals surface area contributed by atoms with Gasteiger partial charge in [0.15, 0.2) is 5.41 Å². The third-order valence-electron chi connectivity index (χ3n) is 3.85. The van der Waals surface area contributed by atoms with Crippen LogP contribution >= 0.6 is 11.6 Å². The second-order valence-electron chi connectivity index (χ2n) is 5.29. The quantitative estimate of drug-likeness (QED) is 0.595. The van der Waals surface area contributed by atoms with E-state index in [1.54, 1.807) is 30.4 Å². The van der Waals surface area contributed by atoms with E-state index < -0.39 is 17.3 Å². The van der Waals surface area contributed by atoms with E-state index in [0.29, 0.717) is 10.8 Å². The molecule has 1 heterocycles. The summed E-state index contributed by atoms with van der Waals surface area (Å²) >= 11 is 5.90. The fraction of sp³-hybridized carbons (Fsp3) is 0.267. The third-order valence-corrected chi connectivity index (χ3v) is 4.09. The molecule has 3 N–H and O–H groups in total. The Morgan fingerprint density at radius 2 is 2.09 bits per heavy atom. The van der Waals surface area contributed by atoms with Gasteiger partial charge in [0.25, 0.3) is 0 Å². The van der Waals surface area contributed by atoms with Gasteiger partial charge in [0.05, 0.1) is 17.6 Å². The Hall–Kier alpha value is -2.34. The maximum Gasteiger partial charge on any atom is 0.319 e. The molecule has 0 aliphatic heterocycles. The number of rotatable bonds is 4. The summed E-state index contributed by atoms with van der Waals surface area (Å²) in [6.07, 6.45) is 3.86. The number of imidazole rings is 1. The van der Waals surface area contributed by atoms with Gasteiger partial charge in [0.1, 0.15) is 5.82 Å². The molecule has 0 unspecified atom stereocenters. The van der Waals surface area contributed by atoms with Crippen molar-refractivity contribution < 1.29 is 14.7 Å². The number of fused-ring (bicyclic) bond motifs is 1. The minimum absolute atomic E-state index is 0.139. The van der Waals surface area contributed by atoms with Crippen molar-refractivity contribution in [1.29, 1.82) is 0 Å². The van der Waals surface area contributed by atoms with Gasteiger partial charge >= 0.3 is 5.97 Å². The lowest BCUT2D eigenvalue weighted by molar-refractivity contribution is -0.155. The molecule has 1 amide bonds. The number of carbonyl (C=O) groups is 2. The van der Waals surface area contributed by atoms with Crippen LogP contribution in [0.15, 0.2) is 30.4 Å². The number of carboxylic acid groups (broad SMARTS) is 1. The lowest BCUT2D eigenvalue weighted by Gasteiger charge is -2.22. The first-order chi connectivity index (χ1) is 10.5. The lowest BCUT2D eigenvalue weighted by Crippen LogP contribution is -2.44. The van der Waals surface area contributed by atoms with Crippen molar-refractivity contribution in [2.45, 2.75) is 19.4 Å². The molecule has 0 spiro atoms. The third kappa shape index (κ3) is 2.46. The predicted molar refractivity (Wildman–Crippen MR) is 81.4 cm³/mol. The van der Waals surface area contributed by atoms with E-state index in [9.17, 15) is 14.7 Å².